The Morgan fingerprint density at radius 1 is 1.11 bits per heavy atom. The zero-order valence-electron chi connectivity index (χ0n) is 15.0. The molecule has 0 spiro atoms. The molecule has 1 aromatic heterocycles. The Hall–Kier alpha value is -2.86. The number of benzene rings is 2. The average molecular weight is 391 g/mol. The third-order valence-electron chi connectivity index (χ3n) is 3.99. The van der Waals surface area contributed by atoms with Crippen molar-refractivity contribution in [2.45, 2.75) is 20.3 Å². The molecule has 7 heteroatoms. The van der Waals surface area contributed by atoms with Gasteiger partial charge < -0.3 is 23.7 Å². The van der Waals surface area contributed by atoms with Crippen LogP contribution >= 0.6 is 11.6 Å². The highest BCUT2D eigenvalue weighted by molar-refractivity contribution is 6.31. The molecule has 0 fully saturated rings. The molecule has 3 rings (SSSR count). The summed E-state index contributed by atoms with van der Waals surface area (Å²) in [6, 6.07) is 10.7. The number of fused-ring (bicyclic) bond motifs is 1. The number of carbonyl (C=O) groups is 1. The van der Waals surface area contributed by atoms with E-state index in [4.69, 9.17) is 30.6 Å². The van der Waals surface area contributed by atoms with Gasteiger partial charge in [0.2, 0.25) is 0 Å². The third-order valence-corrected chi connectivity index (χ3v) is 4.42. The van der Waals surface area contributed by atoms with E-state index in [-0.39, 0.29) is 5.95 Å². The molecule has 0 atom stereocenters. The van der Waals surface area contributed by atoms with Crippen LogP contribution in [0.2, 0.25) is 5.02 Å². The first-order valence-corrected chi connectivity index (χ1v) is 8.77. The molecule has 0 saturated heterocycles. The van der Waals surface area contributed by atoms with Crippen LogP contribution < -0.4 is 14.2 Å². The Bertz CT molecular complexity index is 963. The van der Waals surface area contributed by atoms with Gasteiger partial charge in [-0.3, -0.25) is 0 Å². The predicted molar refractivity (Wildman–Crippen MR) is 101 cm³/mol. The zero-order chi connectivity index (χ0) is 19.4. The summed E-state index contributed by atoms with van der Waals surface area (Å²) in [6.07, 6.45) is -0.718. The van der Waals surface area contributed by atoms with Crippen molar-refractivity contribution in [3.8, 4) is 17.4 Å². The van der Waals surface area contributed by atoms with Gasteiger partial charge in [-0.2, -0.15) is 0 Å². The molecule has 3 aromatic rings. The third kappa shape index (κ3) is 4.65. The van der Waals surface area contributed by atoms with Gasteiger partial charge >= 0.3 is 6.16 Å². The standard InChI is InChI=1S/C20H19ClO6/c1-12-10-15(5-6-16(12)21)24-8-3-9-25-17-7-4-14-11-18(27-20(22)23)26-19(14)13(17)2/h4-7,10-11H,3,8-9H2,1-2H3,(H,22,23). The number of carboxylic acid groups (broad SMARTS) is 1. The van der Waals surface area contributed by atoms with E-state index in [9.17, 15) is 4.79 Å². The molecule has 0 amide bonds. The van der Waals surface area contributed by atoms with Crippen molar-refractivity contribution in [2.75, 3.05) is 13.2 Å². The number of hydrogen-bond acceptors (Lipinski definition) is 5. The predicted octanol–water partition coefficient (Wildman–Crippen LogP) is 5.61. The van der Waals surface area contributed by atoms with Gasteiger partial charge in [0.15, 0.2) is 0 Å². The van der Waals surface area contributed by atoms with Crippen LogP contribution in [-0.2, 0) is 0 Å². The first-order chi connectivity index (χ1) is 12.9. The minimum atomic E-state index is -1.42. The van der Waals surface area contributed by atoms with Crippen LogP contribution in [0.4, 0.5) is 4.79 Å². The van der Waals surface area contributed by atoms with Crippen LogP contribution in [-0.4, -0.2) is 24.5 Å². The van der Waals surface area contributed by atoms with Gasteiger partial charge in [0.05, 0.1) is 13.2 Å². The number of aryl methyl sites for hydroxylation is 2. The van der Waals surface area contributed by atoms with Gasteiger partial charge in [-0.05, 0) is 49.7 Å². The maximum absolute atomic E-state index is 10.6. The summed E-state index contributed by atoms with van der Waals surface area (Å²) in [5.41, 5.74) is 2.29. The number of ether oxygens (including phenoxy) is 3. The Morgan fingerprint density at radius 3 is 2.63 bits per heavy atom. The van der Waals surface area contributed by atoms with E-state index in [2.05, 4.69) is 4.74 Å². The summed E-state index contributed by atoms with van der Waals surface area (Å²) in [6.45, 7) is 4.76. The first-order valence-electron chi connectivity index (χ1n) is 8.39. The minimum absolute atomic E-state index is 0.0654. The largest absolute Gasteiger partial charge is 0.513 e. The molecule has 0 bridgehead atoms. The monoisotopic (exact) mass is 390 g/mol. The lowest BCUT2D eigenvalue weighted by atomic mass is 10.1. The highest BCUT2D eigenvalue weighted by Gasteiger charge is 2.13. The Kier molecular flexibility index (Phi) is 5.76. The minimum Gasteiger partial charge on any atom is -0.493 e. The molecule has 2 aromatic carbocycles. The summed E-state index contributed by atoms with van der Waals surface area (Å²) in [4.78, 5) is 10.6. The van der Waals surface area contributed by atoms with E-state index >= 15 is 0 Å². The second-order valence-electron chi connectivity index (χ2n) is 6.00. The van der Waals surface area contributed by atoms with E-state index in [1.165, 1.54) is 6.07 Å². The molecule has 0 saturated carbocycles. The number of furan rings is 1. The maximum atomic E-state index is 10.6. The fourth-order valence-corrected chi connectivity index (χ4v) is 2.75. The van der Waals surface area contributed by atoms with E-state index < -0.39 is 6.16 Å². The van der Waals surface area contributed by atoms with Gasteiger partial charge in [-0.1, -0.05) is 11.6 Å². The molecule has 0 unspecified atom stereocenters. The summed E-state index contributed by atoms with van der Waals surface area (Å²) < 4.78 is 21.5. The molecule has 0 radical (unpaired) electrons. The molecule has 6 nitrogen and oxygen atoms in total. The van der Waals surface area contributed by atoms with Crippen molar-refractivity contribution in [1.82, 2.24) is 0 Å². The molecule has 0 aliphatic rings. The Morgan fingerprint density at radius 2 is 1.89 bits per heavy atom. The number of halogens is 1. The van der Waals surface area contributed by atoms with Gasteiger partial charge in [0.25, 0.3) is 5.95 Å². The van der Waals surface area contributed by atoms with Crippen molar-refractivity contribution in [3.05, 3.63) is 52.5 Å². The average Bonchev–Trinajstić information content (AvgIpc) is 3.02. The Balaban J connectivity index is 1.54. The second kappa shape index (κ2) is 8.22. The van der Waals surface area contributed by atoms with Crippen LogP contribution in [0.25, 0.3) is 11.0 Å². The molecule has 27 heavy (non-hydrogen) atoms. The number of hydrogen-bond donors (Lipinski definition) is 1. The molecular weight excluding hydrogens is 372 g/mol. The zero-order valence-corrected chi connectivity index (χ0v) is 15.7. The van der Waals surface area contributed by atoms with Crippen molar-refractivity contribution < 1.29 is 28.5 Å². The Labute approximate surface area is 161 Å². The van der Waals surface area contributed by atoms with Crippen molar-refractivity contribution >= 4 is 28.7 Å². The molecular formula is C20H19ClO6. The van der Waals surface area contributed by atoms with E-state index in [0.29, 0.717) is 36.0 Å². The summed E-state index contributed by atoms with van der Waals surface area (Å²) in [7, 11) is 0. The van der Waals surface area contributed by atoms with Crippen molar-refractivity contribution in [3.63, 3.8) is 0 Å². The molecule has 0 aliphatic heterocycles. The quantitative estimate of drug-likeness (QED) is 0.417. The van der Waals surface area contributed by atoms with Gasteiger partial charge in [0.1, 0.15) is 17.1 Å². The lowest BCUT2D eigenvalue weighted by Gasteiger charge is -2.10. The van der Waals surface area contributed by atoms with Crippen LogP contribution in [0.1, 0.15) is 17.5 Å². The summed E-state index contributed by atoms with van der Waals surface area (Å²) in [5, 5.41) is 10.1. The van der Waals surface area contributed by atoms with Gasteiger partial charge in [0, 0.05) is 28.5 Å². The fourth-order valence-electron chi connectivity index (χ4n) is 2.63. The lowest BCUT2D eigenvalue weighted by Crippen LogP contribution is -2.05. The summed E-state index contributed by atoms with van der Waals surface area (Å²) in [5.74, 6) is 1.38. The van der Waals surface area contributed by atoms with Crippen LogP contribution in [0, 0.1) is 13.8 Å². The van der Waals surface area contributed by atoms with E-state index in [1.807, 2.05) is 38.1 Å². The van der Waals surface area contributed by atoms with E-state index in [0.717, 1.165) is 22.3 Å². The smallest absolute Gasteiger partial charge is 0.493 e. The highest BCUT2D eigenvalue weighted by Crippen LogP contribution is 2.32. The normalized spacial score (nSPS) is 10.8. The lowest BCUT2D eigenvalue weighted by molar-refractivity contribution is 0.134. The maximum Gasteiger partial charge on any atom is 0.513 e. The van der Waals surface area contributed by atoms with Crippen LogP contribution in [0.15, 0.2) is 40.8 Å². The molecule has 0 aliphatic carbocycles. The fraction of sp³-hybridized carbons (Fsp3) is 0.250. The van der Waals surface area contributed by atoms with E-state index in [1.54, 1.807) is 6.07 Å². The topological polar surface area (TPSA) is 78.1 Å². The molecule has 1 heterocycles. The van der Waals surface area contributed by atoms with Crippen LogP contribution in [0.3, 0.4) is 0 Å². The molecule has 1 N–H and O–H groups in total. The second-order valence-corrected chi connectivity index (χ2v) is 6.41. The van der Waals surface area contributed by atoms with Crippen molar-refractivity contribution in [2.24, 2.45) is 0 Å². The van der Waals surface area contributed by atoms with Crippen molar-refractivity contribution in [1.29, 1.82) is 0 Å². The SMILES string of the molecule is Cc1cc(OCCCOc2ccc3cc(OC(=O)O)oc3c2C)ccc1Cl. The number of rotatable bonds is 7. The van der Waals surface area contributed by atoms with Crippen LogP contribution in [0.5, 0.6) is 17.4 Å². The van der Waals surface area contributed by atoms with Gasteiger partial charge in [-0.25, -0.2) is 4.79 Å². The summed E-state index contributed by atoms with van der Waals surface area (Å²) >= 11 is 5.99. The molecule has 142 valence electrons. The highest BCUT2D eigenvalue weighted by atomic mass is 35.5. The first kappa shape index (κ1) is 18.9. The van der Waals surface area contributed by atoms with Gasteiger partial charge in [-0.15, -0.1) is 0 Å².